The molecule has 1 N–H and O–H groups in total. The van der Waals surface area contributed by atoms with Gasteiger partial charge in [-0.3, -0.25) is 4.79 Å². The fourth-order valence-electron chi connectivity index (χ4n) is 2.87. The van der Waals surface area contributed by atoms with Crippen LogP contribution in [0, 0.1) is 27.7 Å². The molecule has 134 valence electrons. The minimum atomic E-state index is -0.590. The summed E-state index contributed by atoms with van der Waals surface area (Å²) in [5.41, 5.74) is 5.34. The lowest BCUT2D eigenvalue weighted by Crippen LogP contribution is -2.38. The minimum absolute atomic E-state index is 0.0767. The summed E-state index contributed by atoms with van der Waals surface area (Å²) >= 11 is 6.18. The van der Waals surface area contributed by atoms with Crippen molar-refractivity contribution in [1.29, 1.82) is 0 Å². The van der Waals surface area contributed by atoms with Crippen LogP contribution in [-0.2, 0) is 4.79 Å². The predicted octanol–water partition coefficient (Wildman–Crippen LogP) is 5.22. The van der Waals surface area contributed by atoms with E-state index in [1.807, 2.05) is 32.9 Å². The number of ether oxygens (including phenoxy) is 1. The van der Waals surface area contributed by atoms with Crippen molar-refractivity contribution >= 4 is 17.5 Å². The highest BCUT2D eigenvalue weighted by Gasteiger charge is 2.19. The molecule has 0 radical (unpaired) electrons. The highest BCUT2D eigenvalue weighted by atomic mass is 35.5. The zero-order valence-corrected chi connectivity index (χ0v) is 16.5. The number of amides is 1. The van der Waals surface area contributed by atoms with Gasteiger partial charge in [-0.15, -0.1) is 0 Å². The van der Waals surface area contributed by atoms with Gasteiger partial charge in [0.15, 0.2) is 6.10 Å². The Morgan fingerprint density at radius 2 is 1.60 bits per heavy atom. The van der Waals surface area contributed by atoms with E-state index in [9.17, 15) is 4.79 Å². The van der Waals surface area contributed by atoms with E-state index in [4.69, 9.17) is 16.3 Å². The Hall–Kier alpha value is -2.00. The van der Waals surface area contributed by atoms with Crippen LogP contribution in [0.1, 0.15) is 47.7 Å². The standard InChI is InChI=1S/C21H26ClNO2/c1-12-7-8-13(2)19(9-12)16(5)23-21(24)17(6)25-18-10-14(3)20(22)15(4)11-18/h7-11,16-17H,1-6H3,(H,23,24)/t16-,17-/m0/s1. The Labute approximate surface area is 155 Å². The summed E-state index contributed by atoms with van der Waals surface area (Å²) in [4.78, 5) is 12.5. The molecule has 2 atom stereocenters. The van der Waals surface area contributed by atoms with Crippen molar-refractivity contribution in [2.45, 2.75) is 53.7 Å². The van der Waals surface area contributed by atoms with Gasteiger partial charge in [-0.2, -0.15) is 0 Å². The quantitative estimate of drug-likeness (QED) is 0.794. The predicted molar refractivity (Wildman–Crippen MR) is 103 cm³/mol. The molecule has 25 heavy (non-hydrogen) atoms. The number of carbonyl (C=O) groups is 1. The maximum atomic E-state index is 12.5. The summed E-state index contributed by atoms with van der Waals surface area (Å²) in [5.74, 6) is 0.514. The second kappa shape index (κ2) is 7.92. The number of benzene rings is 2. The lowest BCUT2D eigenvalue weighted by molar-refractivity contribution is -0.127. The third-order valence-electron chi connectivity index (χ3n) is 4.35. The Morgan fingerprint density at radius 3 is 2.20 bits per heavy atom. The molecule has 4 heteroatoms. The van der Waals surface area contributed by atoms with Gasteiger partial charge >= 0.3 is 0 Å². The maximum Gasteiger partial charge on any atom is 0.261 e. The summed E-state index contributed by atoms with van der Waals surface area (Å²) in [5, 5.41) is 3.76. The second-order valence-corrected chi connectivity index (χ2v) is 7.10. The first-order chi connectivity index (χ1) is 11.7. The summed E-state index contributed by atoms with van der Waals surface area (Å²) in [6, 6.07) is 9.89. The molecule has 0 aliphatic heterocycles. The number of carbonyl (C=O) groups excluding carboxylic acids is 1. The second-order valence-electron chi connectivity index (χ2n) is 6.72. The molecule has 0 fully saturated rings. The molecule has 0 bridgehead atoms. The molecule has 0 saturated carbocycles. The topological polar surface area (TPSA) is 38.3 Å². The van der Waals surface area contributed by atoms with E-state index in [2.05, 4.69) is 37.4 Å². The molecule has 0 aromatic heterocycles. The lowest BCUT2D eigenvalue weighted by atomic mass is 10.00. The first kappa shape index (κ1) is 19.3. The molecular weight excluding hydrogens is 334 g/mol. The summed E-state index contributed by atoms with van der Waals surface area (Å²) in [7, 11) is 0. The number of halogens is 1. The Morgan fingerprint density at radius 1 is 1.00 bits per heavy atom. The normalized spacial score (nSPS) is 13.2. The zero-order chi connectivity index (χ0) is 18.7. The van der Waals surface area contributed by atoms with Crippen molar-refractivity contribution in [1.82, 2.24) is 5.32 Å². The van der Waals surface area contributed by atoms with E-state index in [0.29, 0.717) is 5.75 Å². The summed E-state index contributed by atoms with van der Waals surface area (Å²) in [6.07, 6.45) is -0.590. The molecule has 0 saturated heterocycles. The van der Waals surface area contributed by atoms with Crippen molar-refractivity contribution in [2.24, 2.45) is 0 Å². The molecule has 1 amide bonds. The average Bonchev–Trinajstić information content (AvgIpc) is 2.54. The number of hydrogen-bond acceptors (Lipinski definition) is 2. The molecule has 2 aromatic rings. The maximum absolute atomic E-state index is 12.5. The van der Waals surface area contributed by atoms with E-state index in [1.165, 1.54) is 5.56 Å². The minimum Gasteiger partial charge on any atom is -0.481 e. The molecular formula is C21H26ClNO2. The molecule has 0 heterocycles. The van der Waals surface area contributed by atoms with E-state index in [-0.39, 0.29) is 11.9 Å². The fourth-order valence-corrected chi connectivity index (χ4v) is 2.98. The van der Waals surface area contributed by atoms with Crippen molar-refractivity contribution in [2.75, 3.05) is 0 Å². The highest BCUT2D eigenvalue weighted by Crippen LogP contribution is 2.26. The van der Waals surface area contributed by atoms with Gasteiger partial charge in [-0.1, -0.05) is 35.4 Å². The van der Waals surface area contributed by atoms with Crippen LogP contribution in [0.15, 0.2) is 30.3 Å². The van der Waals surface area contributed by atoms with Crippen LogP contribution in [-0.4, -0.2) is 12.0 Å². The van der Waals surface area contributed by atoms with Crippen molar-refractivity contribution in [3.63, 3.8) is 0 Å². The summed E-state index contributed by atoms with van der Waals surface area (Å²) < 4.78 is 5.81. The molecule has 3 nitrogen and oxygen atoms in total. The van der Waals surface area contributed by atoms with Gasteiger partial charge < -0.3 is 10.1 Å². The van der Waals surface area contributed by atoms with Crippen molar-refractivity contribution < 1.29 is 9.53 Å². The van der Waals surface area contributed by atoms with Gasteiger partial charge in [0.2, 0.25) is 0 Å². The Bertz CT molecular complexity index is 762. The lowest BCUT2D eigenvalue weighted by Gasteiger charge is -2.21. The van der Waals surface area contributed by atoms with E-state index in [0.717, 1.165) is 27.3 Å². The van der Waals surface area contributed by atoms with E-state index < -0.39 is 6.10 Å². The van der Waals surface area contributed by atoms with Crippen LogP contribution in [0.5, 0.6) is 5.75 Å². The third kappa shape index (κ3) is 4.76. The Kier molecular flexibility index (Phi) is 6.12. The van der Waals surface area contributed by atoms with Crippen LogP contribution < -0.4 is 10.1 Å². The Balaban J connectivity index is 2.06. The van der Waals surface area contributed by atoms with E-state index >= 15 is 0 Å². The average molecular weight is 360 g/mol. The highest BCUT2D eigenvalue weighted by molar-refractivity contribution is 6.32. The number of rotatable bonds is 5. The van der Waals surface area contributed by atoms with E-state index in [1.54, 1.807) is 6.92 Å². The first-order valence-electron chi connectivity index (χ1n) is 8.50. The van der Waals surface area contributed by atoms with Gasteiger partial charge in [0.25, 0.3) is 5.91 Å². The molecule has 0 unspecified atom stereocenters. The van der Waals surface area contributed by atoms with Gasteiger partial charge in [0.1, 0.15) is 5.75 Å². The van der Waals surface area contributed by atoms with Crippen LogP contribution >= 0.6 is 11.6 Å². The van der Waals surface area contributed by atoms with Gasteiger partial charge in [0.05, 0.1) is 6.04 Å². The molecule has 0 aliphatic carbocycles. The fraction of sp³-hybridized carbons (Fsp3) is 0.381. The largest absolute Gasteiger partial charge is 0.481 e. The van der Waals surface area contributed by atoms with Crippen LogP contribution in [0.2, 0.25) is 5.02 Å². The van der Waals surface area contributed by atoms with Gasteiger partial charge in [-0.05, 0) is 75.9 Å². The monoisotopic (exact) mass is 359 g/mol. The smallest absolute Gasteiger partial charge is 0.261 e. The number of nitrogens with one attached hydrogen (secondary N) is 1. The molecule has 2 rings (SSSR count). The van der Waals surface area contributed by atoms with Gasteiger partial charge in [0, 0.05) is 5.02 Å². The SMILES string of the molecule is Cc1ccc(C)c([C@H](C)NC(=O)[C@H](C)Oc2cc(C)c(Cl)c(C)c2)c1. The summed E-state index contributed by atoms with van der Waals surface area (Å²) in [6.45, 7) is 11.7. The van der Waals surface area contributed by atoms with Crippen molar-refractivity contribution in [3.05, 3.63) is 63.2 Å². The number of aryl methyl sites for hydroxylation is 4. The van der Waals surface area contributed by atoms with Gasteiger partial charge in [-0.25, -0.2) is 0 Å². The van der Waals surface area contributed by atoms with Crippen LogP contribution in [0.25, 0.3) is 0 Å². The molecule has 0 aliphatic rings. The van der Waals surface area contributed by atoms with Crippen LogP contribution in [0.3, 0.4) is 0 Å². The zero-order valence-electron chi connectivity index (χ0n) is 15.7. The molecule has 2 aromatic carbocycles. The first-order valence-corrected chi connectivity index (χ1v) is 8.87. The molecule has 0 spiro atoms. The van der Waals surface area contributed by atoms with Crippen LogP contribution in [0.4, 0.5) is 0 Å². The third-order valence-corrected chi connectivity index (χ3v) is 4.95. The number of hydrogen-bond donors (Lipinski definition) is 1. The van der Waals surface area contributed by atoms with Crippen molar-refractivity contribution in [3.8, 4) is 5.75 Å².